The van der Waals surface area contributed by atoms with Crippen molar-refractivity contribution >= 4 is 50.9 Å². The molecule has 0 unspecified atom stereocenters. The van der Waals surface area contributed by atoms with Gasteiger partial charge in [0.25, 0.3) is 5.56 Å². The molecule has 1 aliphatic heterocycles. The lowest BCUT2D eigenvalue weighted by molar-refractivity contribution is -0.136. The third-order valence-corrected chi connectivity index (χ3v) is 8.72. The number of benzene rings is 3. The fourth-order valence-corrected chi connectivity index (χ4v) is 6.50. The maximum absolute atomic E-state index is 14.2. The fraction of sp³-hybridized carbons (Fsp3) is 0.242. The molecule has 3 aromatic carbocycles. The molecule has 0 aliphatic carbocycles. The molecule has 0 N–H and O–H groups in total. The van der Waals surface area contributed by atoms with E-state index in [9.17, 15) is 9.59 Å². The Bertz CT molecular complexity index is 1950. The van der Waals surface area contributed by atoms with Crippen LogP contribution in [0.2, 0.25) is 5.02 Å². The summed E-state index contributed by atoms with van der Waals surface area (Å²) >= 11 is 11.1. The zero-order valence-electron chi connectivity index (χ0n) is 25.0. The molecule has 1 aliphatic rings. The van der Waals surface area contributed by atoms with Crippen molar-refractivity contribution in [2.24, 2.45) is 4.99 Å². The largest absolute Gasteiger partial charge is 0.493 e. The molecule has 9 nitrogen and oxygen atoms in total. The van der Waals surface area contributed by atoms with Crippen LogP contribution >= 0.6 is 38.9 Å². The van der Waals surface area contributed by atoms with E-state index in [0.29, 0.717) is 61.7 Å². The van der Waals surface area contributed by atoms with Gasteiger partial charge in [0.2, 0.25) is 0 Å². The number of methoxy groups -OCH3 is 2. The first-order valence-electron chi connectivity index (χ1n) is 14.0. The topological polar surface area (TPSA) is 97.6 Å². The van der Waals surface area contributed by atoms with E-state index in [2.05, 4.69) is 20.9 Å². The van der Waals surface area contributed by atoms with E-state index in [1.165, 1.54) is 29.2 Å². The number of esters is 1. The minimum absolute atomic E-state index is 0.183. The highest BCUT2D eigenvalue weighted by Crippen LogP contribution is 2.37. The van der Waals surface area contributed by atoms with Crippen LogP contribution in [0.15, 0.2) is 80.6 Å². The average Bonchev–Trinajstić information content (AvgIpc) is 3.35. The molecule has 1 aromatic heterocycles. The summed E-state index contributed by atoms with van der Waals surface area (Å²) in [6.45, 7) is 4.79. The lowest BCUT2D eigenvalue weighted by Gasteiger charge is -2.23. The van der Waals surface area contributed by atoms with Crippen molar-refractivity contribution in [1.29, 1.82) is 0 Å². The van der Waals surface area contributed by atoms with E-state index in [1.54, 1.807) is 43.5 Å². The van der Waals surface area contributed by atoms with Crippen LogP contribution in [0.1, 0.15) is 36.6 Å². The Balaban J connectivity index is 1.65. The Morgan fingerprint density at radius 2 is 1.78 bits per heavy atom. The Kier molecular flexibility index (Phi) is 10.3. The normalized spacial score (nSPS) is 14.2. The second kappa shape index (κ2) is 14.4. The Labute approximate surface area is 277 Å². The van der Waals surface area contributed by atoms with Crippen LogP contribution in [-0.4, -0.2) is 38.0 Å². The zero-order chi connectivity index (χ0) is 32.1. The van der Waals surface area contributed by atoms with Crippen molar-refractivity contribution in [3.05, 3.63) is 112 Å². The van der Waals surface area contributed by atoms with Gasteiger partial charge in [0.1, 0.15) is 6.61 Å². The van der Waals surface area contributed by atoms with Gasteiger partial charge in [0.05, 0.1) is 43.6 Å². The summed E-state index contributed by atoms with van der Waals surface area (Å²) in [5.74, 6) is 1.37. The van der Waals surface area contributed by atoms with Gasteiger partial charge in [-0.25, -0.2) is 9.79 Å². The number of halogens is 2. The Morgan fingerprint density at radius 3 is 2.49 bits per heavy atom. The monoisotopic (exact) mass is 712 g/mol. The number of carbonyl (C=O) groups is 1. The number of nitrogens with zero attached hydrogens (tertiary/aromatic N) is 2. The summed E-state index contributed by atoms with van der Waals surface area (Å²) in [6.07, 6.45) is 3.17. The van der Waals surface area contributed by atoms with Crippen LogP contribution in [0.4, 0.5) is 0 Å². The SMILES string of the molecule is CCOc1ccc([C@H]2C(C(=O)OC)=CN=c3s/c(=C/c4cc(Br)cc(OC)c4OCc4ccccc4Cl)c(=O)n32)cc1OCC. The summed E-state index contributed by atoms with van der Waals surface area (Å²) in [6, 6.07) is 15.5. The van der Waals surface area contributed by atoms with Gasteiger partial charge in [-0.15, -0.1) is 0 Å². The van der Waals surface area contributed by atoms with E-state index < -0.39 is 12.0 Å². The van der Waals surface area contributed by atoms with Crippen LogP contribution in [-0.2, 0) is 16.1 Å². The highest BCUT2D eigenvalue weighted by atomic mass is 79.9. The highest BCUT2D eigenvalue weighted by Gasteiger charge is 2.31. The van der Waals surface area contributed by atoms with Crippen LogP contribution in [0, 0.1) is 0 Å². The standard InChI is InChI=1S/C33H30BrClN2O7S/c1-5-42-25-12-11-19(14-26(25)43-6-2)29-23(32(39)41-4)17-36-33-37(29)31(38)28(45-33)15-21-13-22(34)16-27(40-3)30(21)44-18-20-9-7-8-10-24(20)35/h7-17,29H,5-6,18H2,1-4H3/b28-15+/t29-/m0/s1. The van der Waals surface area contributed by atoms with Crippen molar-refractivity contribution in [2.75, 3.05) is 27.4 Å². The molecule has 0 bridgehead atoms. The van der Waals surface area contributed by atoms with Crippen LogP contribution in [0.25, 0.3) is 6.08 Å². The zero-order valence-corrected chi connectivity index (χ0v) is 28.1. The third kappa shape index (κ3) is 6.80. The van der Waals surface area contributed by atoms with Crippen molar-refractivity contribution < 1.29 is 28.5 Å². The van der Waals surface area contributed by atoms with E-state index in [1.807, 2.05) is 38.1 Å². The number of aromatic nitrogens is 1. The van der Waals surface area contributed by atoms with Gasteiger partial charge >= 0.3 is 5.97 Å². The van der Waals surface area contributed by atoms with Crippen molar-refractivity contribution in [1.82, 2.24) is 4.57 Å². The average molecular weight is 714 g/mol. The molecule has 0 saturated heterocycles. The predicted octanol–water partition coefficient (Wildman–Crippen LogP) is 5.82. The molecule has 0 spiro atoms. The van der Waals surface area contributed by atoms with Gasteiger partial charge in [0.15, 0.2) is 27.8 Å². The minimum Gasteiger partial charge on any atom is -0.493 e. The molecule has 0 fully saturated rings. The quantitative estimate of drug-likeness (QED) is 0.181. The molecule has 5 rings (SSSR count). The van der Waals surface area contributed by atoms with Gasteiger partial charge < -0.3 is 23.7 Å². The van der Waals surface area contributed by atoms with Crippen LogP contribution in [0.5, 0.6) is 23.0 Å². The maximum Gasteiger partial charge on any atom is 0.337 e. The molecule has 0 radical (unpaired) electrons. The van der Waals surface area contributed by atoms with Gasteiger partial charge in [-0.1, -0.05) is 63.1 Å². The summed E-state index contributed by atoms with van der Waals surface area (Å²) in [7, 11) is 2.84. The molecule has 0 saturated carbocycles. The highest BCUT2D eigenvalue weighted by molar-refractivity contribution is 9.10. The molecular weight excluding hydrogens is 684 g/mol. The summed E-state index contributed by atoms with van der Waals surface area (Å²) in [4.78, 5) is 32.0. The van der Waals surface area contributed by atoms with E-state index in [0.717, 1.165) is 10.0 Å². The number of fused-ring (bicyclic) bond motifs is 1. The molecule has 4 aromatic rings. The third-order valence-electron chi connectivity index (χ3n) is 6.89. The molecule has 45 heavy (non-hydrogen) atoms. The Morgan fingerprint density at radius 1 is 1.02 bits per heavy atom. The minimum atomic E-state index is -0.821. The van der Waals surface area contributed by atoms with Gasteiger partial charge in [-0.05, 0) is 55.8 Å². The second-order valence-corrected chi connectivity index (χ2v) is 12.0. The molecular formula is C33H30BrClN2O7S. The smallest absolute Gasteiger partial charge is 0.337 e. The number of hydrogen-bond donors (Lipinski definition) is 0. The first kappa shape index (κ1) is 32.3. The molecule has 1 atom stereocenters. The number of carbonyl (C=O) groups excluding carboxylic acids is 1. The predicted molar refractivity (Wildman–Crippen MR) is 176 cm³/mol. The summed E-state index contributed by atoms with van der Waals surface area (Å²) in [5, 5.41) is 0.576. The van der Waals surface area contributed by atoms with Crippen LogP contribution in [0.3, 0.4) is 0 Å². The van der Waals surface area contributed by atoms with Gasteiger partial charge in [-0.2, -0.15) is 0 Å². The maximum atomic E-state index is 14.2. The first-order valence-corrected chi connectivity index (χ1v) is 16.0. The molecule has 0 amide bonds. The van der Waals surface area contributed by atoms with Crippen molar-refractivity contribution in [2.45, 2.75) is 26.5 Å². The molecule has 12 heteroatoms. The lowest BCUT2D eigenvalue weighted by Crippen LogP contribution is -2.39. The van der Waals surface area contributed by atoms with Gasteiger partial charge in [0, 0.05) is 26.8 Å². The number of hydrogen-bond acceptors (Lipinski definition) is 9. The number of ether oxygens (including phenoxy) is 5. The van der Waals surface area contributed by atoms with E-state index >= 15 is 0 Å². The Hall–Kier alpha value is -4.06. The first-order chi connectivity index (χ1) is 21.8. The second-order valence-electron chi connectivity index (χ2n) is 9.65. The summed E-state index contributed by atoms with van der Waals surface area (Å²) in [5.41, 5.74) is 1.89. The van der Waals surface area contributed by atoms with Crippen molar-refractivity contribution in [3.8, 4) is 23.0 Å². The van der Waals surface area contributed by atoms with Crippen molar-refractivity contribution in [3.63, 3.8) is 0 Å². The van der Waals surface area contributed by atoms with E-state index in [4.69, 9.17) is 35.3 Å². The number of thiazole rings is 1. The summed E-state index contributed by atoms with van der Waals surface area (Å²) < 4.78 is 31.1. The molecule has 2 heterocycles. The van der Waals surface area contributed by atoms with Gasteiger partial charge in [-0.3, -0.25) is 9.36 Å². The van der Waals surface area contributed by atoms with Crippen LogP contribution < -0.4 is 33.8 Å². The lowest BCUT2D eigenvalue weighted by atomic mass is 9.97. The number of rotatable bonds is 11. The fourth-order valence-electron chi connectivity index (χ4n) is 4.90. The molecule has 234 valence electrons. The van der Waals surface area contributed by atoms with E-state index in [-0.39, 0.29) is 17.7 Å².